The van der Waals surface area contributed by atoms with Gasteiger partial charge < -0.3 is 10.7 Å². The Hall–Kier alpha value is -1.70. The van der Waals surface area contributed by atoms with Crippen molar-refractivity contribution in [3.05, 3.63) is 47.5 Å². The van der Waals surface area contributed by atoms with Crippen molar-refractivity contribution in [2.45, 2.75) is 24.9 Å². The Morgan fingerprint density at radius 1 is 1.40 bits per heavy atom. The fraction of sp³-hybridized carbons (Fsp3) is 0.308. The number of aromatic amines is 1. The number of aryl methyl sites for hydroxylation is 1. The summed E-state index contributed by atoms with van der Waals surface area (Å²) in [6, 6.07) is 5.24. The summed E-state index contributed by atoms with van der Waals surface area (Å²) in [4.78, 5) is 7.22. The van der Waals surface area contributed by atoms with Crippen molar-refractivity contribution in [1.29, 1.82) is 0 Å². The van der Waals surface area contributed by atoms with E-state index >= 15 is 0 Å². The van der Waals surface area contributed by atoms with E-state index in [9.17, 15) is 8.42 Å². The number of sulfonamides is 1. The number of hydrogen-bond acceptors (Lipinski definition) is 4. The predicted molar refractivity (Wildman–Crippen MR) is 76.3 cm³/mol. The van der Waals surface area contributed by atoms with Crippen LogP contribution in [0.4, 0.5) is 0 Å². The summed E-state index contributed by atoms with van der Waals surface area (Å²) >= 11 is 0. The molecular formula is C13H18N4O2S. The third kappa shape index (κ3) is 2.90. The van der Waals surface area contributed by atoms with Crippen LogP contribution in [0.25, 0.3) is 0 Å². The van der Waals surface area contributed by atoms with E-state index in [0.717, 1.165) is 5.56 Å². The maximum atomic E-state index is 12.6. The van der Waals surface area contributed by atoms with Gasteiger partial charge in [-0.2, -0.15) is 4.31 Å². The maximum absolute atomic E-state index is 12.6. The molecule has 0 aliphatic rings. The third-order valence-electron chi connectivity index (χ3n) is 3.10. The molecule has 1 aromatic heterocycles. The zero-order chi connectivity index (χ0) is 14.8. The number of H-pyrrole nitrogens is 1. The Kier molecular flexibility index (Phi) is 4.22. The molecule has 0 saturated carbocycles. The molecule has 0 unspecified atom stereocenters. The number of nitrogens with two attached hydrogens (primary N) is 1. The van der Waals surface area contributed by atoms with E-state index in [1.807, 2.05) is 6.07 Å². The van der Waals surface area contributed by atoms with E-state index in [0.29, 0.717) is 17.9 Å². The monoisotopic (exact) mass is 294 g/mol. The quantitative estimate of drug-likeness (QED) is 0.860. The molecule has 108 valence electrons. The topological polar surface area (TPSA) is 92.1 Å². The molecule has 1 aromatic carbocycles. The second kappa shape index (κ2) is 5.74. The van der Waals surface area contributed by atoms with Crippen molar-refractivity contribution >= 4 is 10.0 Å². The summed E-state index contributed by atoms with van der Waals surface area (Å²) < 4.78 is 26.5. The van der Waals surface area contributed by atoms with E-state index in [4.69, 9.17) is 5.73 Å². The van der Waals surface area contributed by atoms with E-state index in [-0.39, 0.29) is 11.4 Å². The highest BCUT2D eigenvalue weighted by molar-refractivity contribution is 7.89. The molecular weight excluding hydrogens is 276 g/mol. The van der Waals surface area contributed by atoms with Crippen LogP contribution in [0.1, 0.15) is 17.0 Å². The number of hydrogen-bond donors (Lipinski definition) is 2. The first kappa shape index (κ1) is 14.7. The van der Waals surface area contributed by atoms with E-state index in [2.05, 4.69) is 9.97 Å². The normalized spacial score (nSPS) is 12.0. The van der Waals surface area contributed by atoms with Crippen molar-refractivity contribution < 1.29 is 8.42 Å². The summed E-state index contributed by atoms with van der Waals surface area (Å²) in [5.41, 5.74) is 7.07. The third-order valence-corrected chi connectivity index (χ3v) is 5.05. The summed E-state index contributed by atoms with van der Waals surface area (Å²) in [5.74, 6) is 0.601. The zero-order valence-corrected chi connectivity index (χ0v) is 12.3. The maximum Gasteiger partial charge on any atom is 0.243 e. The van der Waals surface area contributed by atoms with Crippen molar-refractivity contribution in [2.24, 2.45) is 5.73 Å². The molecule has 0 aliphatic carbocycles. The molecule has 0 bridgehead atoms. The molecule has 0 spiro atoms. The van der Waals surface area contributed by atoms with Crippen LogP contribution in [0.5, 0.6) is 0 Å². The SMILES string of the molecule is Cc1ccc(CN)cc1S(=O)(=O)N(C)Cc1ncc[nH]1. The lowest BCUT2D eigenvalue weighted by Gasteiger charge is -2.18. The first-order valence-corrected chi connectivity index (χ1v) is 7.63. The summed E-state index contributed by atoms with van der Waals surface area (Å²) in [6.07, 6.45) is 3.26. The summed E-state index contributed by atoms with van der Waals surface area (Å²) in [6.45, 7) is 2.28. The zero-order valence-electron chi connectivity index (χ0n) is 11.5. The van der Waals surface area contributed by atoms with Crippen molar-refractivity contribution in [3.8, 4) is 0 Å². The molecule has 0 amide bonds. The van der Waals surface area contributed by atoms with Crippen LogP contribution in [0.15, 0.2) is 35.5 Å². The molecule has 1 heterocycles. The highest BCUT2D eigenvalue weighted by Crippen LogP contribution is 2.21. The fourth-order valence-corrected chi connectivity index (χ4v) is 3.30. The van der Waals surface area contributed by atoms with Crippen molar-refractivity contribution in [1.82, 2.24) is 14.3 Å². The van der Waals surface area contributed by atoms with Gasteiger partial charge in [0.25, 0.3) is 0 Å². The smallest absolute Gasteiger partial charge is 0.243 e. The average molecular weight is 294 g/mol. The van der Waals surface area contributed by atoms with Crippen LogP contribution >= 0.6 is 0 Å². The van der Waals surface area contributed by atoms with Gasteiger partial charge in [0.2, 0.25) is 10.0 Å². The van der Waals surface area contributed by atoms with Gasteiger partial charge in [-0.1, -0.05) is 12.1 Å². The van der Waals surface area contributed by atoms with Crippen LogP contribution in [0.2, 0.25) is 0 Å². The highest BCUT2D eigenvalue weighted by Gasteiger charge is 2.23. The molecule has 0 fully saturated rings. The Bertz CT molecular complexity index is 680. The van der Waals surface area contributed by atoms with Gasteiger partial charge >= 0.3 is 0 Å². The molecule has 3 N–H and O–H groups in total. The number of imidazole rings is 1. The predicted octanol–water partition coefficient (Wildman–Crippen LogP) is 0.998. The molecule has 0 saturated heterocycles. The van der Waals surface area contributed by atoms with Crippen LogP contribution in [0, 0.1) is 6.92 Å². The van der Waals surface area contributed by atoms with Gasteiger partial charge in [0.15, 0.2) is 0 Å². The molecule has 0 aliphatic heterocycles. The Balaban J connectivity index is 2.34. The molecule has 0 atom stereocenters. The van der Waals surface area contributed by atoms with Gasteiger partial charge in [0.1, 0.15) is 5.82 Å². The minimum Gasteiger partial charge on any atom is -0.347 e. The minimum atomic E-state index is -3.56. The van der Waals surface area contributed by atoms with E-state index < -0.39 is 10.0 Å². The fourth-order valence-electron chi connectivity index (χ4n) is 1.90. The molecule has 6 nitrogen and oxygen atoms in total. The van der Waals surface area contributed by atoms with Gasteiger partial charge in [0.05, 0.1) is 11.4 Å². The molecule has 2 rings (SSSR count). The molecule has 2 aromatic rings. The lowest BCUT2D eigenvalue weighted by molar-refractivity contribution is 0.457. The summed E-state index contributed by atoms with van der Waals surface area (Å²) in [5, 5.41) is 0. The number of rotatable bonds is 5. The second-order valence-electron chi connectivity index (χ2n) is 4.60. The Morgan fingerprint density at radius 3 is 2.75 bits per heavy atom. The van der Waals surface area contributed by atoms with Gasteiger partial charge in [0, 0.05) is 26.0 Å². The van der Waals surface area contributed by atoms with Gasteiger partial charge in [-0.25, -0.2) is 13.4 Å². The van der Waals surface area contributed by atoms with E-state index in [1.165, 1.54) is 11.4 Å². The molecule has 7 heteroatoms. The molecule has 0 radical (unpaired) electrons. The van der Waals surface area contributed by atoms with Crippen molar-refractivity contribution in [2.75, 3.05) is 7.05 Å². The Labute approximate surface area is 118 Å². The first-order valence-electron chi connectivity index (χ1n) is 6.19. The number of nitrogens with one attached hydrogen (secondary N) is 1. The Morgan fingerprint density at radius 2 is 2.15 bits per heavy atom. The first-order chi connectivity index (χ1) is 9.45. The average Bonchev–Trinajstić information content (AvgIpc) is 2.92. The van der Waals surface area contributed by atoms with Crippen LogP contribution in [0.3, 0.4) is 0 Å². The van der Waals surface area contributed by atoms with Crippen LogP contribution in [-0.4, -0.2) is 29.7 Å². The molecule has 20 heavy (non-hydrogen) atoms. The second-order valence-corrected chi connectivity index (χ2v) is 6.61. The van der Waals surface area contributed by atoms with Gasteiger partial charge in [-0.3, -0.25) is 0 Å². The van der Waals surface area contributed by atoms with E-state index in [1.54, 1.807) is 31.5 Å². The van der Waals surface area contributed by atoms with Crippen LogP contribution in [-0.2, 0) is 23.1 Å². The lowest BCUT2D eigenvalue weighted by Crippen LogP contribution is -2.27. The number of benzene rings is 1. The summed E-state index contributed by atoms with van der Waals surface area (Å²) in [7, 11) is -2.03. The van der Waals surface area contributed by atoms with Gasteiger partial charge in [-0.05, 0) is 24.1 Å². The standard InChI is InChI=1S/C13H18N4O2S/c1-10-3-4-11(8-14)7-12(10)20(18,19)17(2)9-13-15-5-6-16-13/h3-7H,8-9,14H2,1-2H3,(H,15,16). The van der Waals surface area contributed by atoms with Crippen LogP contribution < -0.4 is 5.73 Å². The largest absolute Gasteiger partial charge is 0.347 e. The van der Waals surface area contributed by atoms with Crippen molar-refractivity contribution in [3.63, 3.8) is 0 Å². The number of nitrogens with zero attached hydrogens (tertiary/aromatic N) is 2. The lowest BCUT2D eigenvalue weighted by atomic mass is 10.1. The highest BCUT2D eigenvalue weighted by atomic mass is 32.2. The minimum absolute atomic E-state index is 0.196. The van der Waals surface area contributed by atoms with Gasteiger partial charge in [-0.15, -0.1) is 0 Å². The number of aromatic nitrogens is 2.